The van der Waals surface area contributed by atoms with Crippen LogP contribution >= 0.6 is 11.8 Å². The van der Waals surface area contributed by atoms with Gasteiger partial charge >= 0.3 is 0 Å². The van der Waals surface area contributed by atoms with Crippen LogP contribution in [0.15, 0.2) is 78.0 Å². The summed E-state index contributed by atoms with van der Waals surface area (Å²) in [5, 5.41) is 12.3. The molecule has 5 nitrogen and oxygen atoms in total. The van der Waals surface area contributed by atoms with E-state index in [-0.39, 0.29) is 5.91 Å². The number of hydrogen-bond donors (Lipinski definition) is 1. The maximum Gasteiger partial charge on any atom is 0.242 e. The number of nitrogens with one attached hydrogen (secondary N) is 1. The maximum absolute atomic E-state index is 13.5. The number of thioether (sulfide) groups is 1. The molecular weight excluding hydrogens is 428 g/mol. The predicted molar refractivity (Wildman–Crippen MR) is 135 cm³/mol. The maximum atomic E-state index is 13.5. The molecule has 1 unspecified atom stereocenters. The fraction of sp³-hybridized carbons (Fsp3) is 0.222. The first kappa shape index (κ1) is 22.8. The minimum absolute atomic E-state index is 0.0809. The van der Waals surface area contributed by atoms with Crippen molar-refractivity contribution in [2.45, 2.75) is 44.6 Å². The highest BCUT2D eigenvalue weighted by molar-refractivity contribution is 8.00. The van der Waals surface area contributed by atoms with Crippen LogP contribution in [0.4, 0.5) is 5.69 Å². The van der Waals surface area contributed by atoms with Gasteiger partial charge in [0.1, 0.15) is 5.25 Å². The fourth-order valence-electron chi connectivity index (χ4n) is 3.73. The van der Waals surface area contributed by atoms with E-state index >= 15 is 0 Å². The lowest BCUT2D eigenvalue weighted by molar-refractivity contribution is -0.115. The largest absolute Gasteiger partial charge is 0.325 e. The van der Waals surface area contributed by atoms with E-state index in [0.29, 0.717) is 6.54 Å². The van der Waals surface area contributed by atoms with Crippen molar-refractivity contribution in [2.24, 2.45) is 0 Å². The average molecular weight is 457 g/mol. The highest BCUT2D eigenvalue weighted by atomic mass is 32.2. The zero-order valence-corrected chi connectivity index (χ0v) is 20.2. The van der Waals surface area contributed by atoms with E-state index in [1.807, 2.05) is 74.5 Å². The molecule has 3 aromatic carbocycles. The number of hydrogen-bond acceptors (Lipinski definition) is 4. The van der Waals surface area contributed by atoms with Gasteiger partial charge in [-0.25, -0.2) is 0 Å². The van der Waals surface area contributed by atoms with Gasteiger partial charge in [0.2, 0.25) is 5.91 Å². The van der Waals surface area contributed by atoms with Crippen LogP contribution in [0.1, 0.15) is 34.4 Å². The highest BCUT2D eigenvalue weighted by Crippen LogP contribution is 2.37. The Balaban J connectivity index is 1.68. The number of aromatic nitrogens is 3. The van der Waals surface area contributed by atoms with Gasteiger partial charge in [-0.15, -0.1) is 10.2 Å². The Morgan fingerprint density at radius 1 is 0.939 bits per heavy atom. The lowest BCUT2D eigenvalue weighted by Gasteiger charge is -2.18. The molecule has 0 aliphatic carbocycles. The topological polar surface area (TPSA) is 59.8 Å². The van der Waals surface area contributed by atoms with Crippen LogP contribution in [0.3, 0.4) is 0 Å². The summed E-state index contributed by atoms with van der Waals surface area (Å²) in [4.78, 5) is 13.5. The average Bonchev–Trinajstić information content (AvgIpc) is 3.23. The first-order valence-electron chi connectivity index (χ1n) is 11.1. The van der Waals surface area contributed by atoms with E-state index in [4.69, 9.17) is 0 Å². The molecule has 1 N–H and O–H groups in total. The van der Waals surface area contributed by atoms with Crippen LogP contribution < -0.4 is 5.32 Å². The molecule has 1 atom stereocenters. The summed E-state index contributed by atoms with van der Waals surface area (Å²) in [6.07, 6.45) is 0. The van der Waals surface area contributed by atoms with Crippen LogP contribution in [0, 0.1) is 20.8 Å². The number of benzene rings is 3. The second kappa shape index (κ2) is 10.0. The summed E-state index contributed by atoms with van der Waals surface area (Å²) in [5.41, 5.74) is 6.08. The summed E-state index contributed by atoms with van der Waals surface area (Å²) >= 11 is 1.43. The molecule has 4 aromatic rings. The third kappa shape index (κ3) is 5.17. The molecule has 0 bridgehead atoms. The Kier molecular flexibility index (Phi) is 6.94. The molecule has 0 aliphatic rings. The van der Waals surface area contributed by atoms with Crippen LogP contribution in [-0.2, 0) is 11.3 Å². The summed E-state index contributed by atoms with van der Waals surface area (Å²) in [6.45, 7) is 8.87. The number of amides is 1. The first-order valence-corrected chi connectivity index (χ1v) is 11.9. The van der Waals surface area contributed by atoms with Gasteiger partial charge in [0.05, 0.1) is 0 Å². The van der Waals surface area contributed by atoms with Crippen LogP contribution in [0.2, 0.25) is 0 Å². The molecule has 4 rings (SSSR count). The number of anilines is 1. The molecule has 6 heteroatoms. The summed E-state index contributed by atoms with van der Waals surface area (Å²) in [6, 6.07) is 24.1. The first-order chi connectivity index (χ1) is 16.0. The van der Waals surface area contributed by atoms with Crippen molar-refractivity contribution in [3.05, 3.63) is 95.1 Å². The van der Waals surface area contributed by atoms with Gasteiger partial charge < -0.3 is 9.88 Å². The predicted octanol–water partition coefficient (Wildman–Crippen LogP) is 6.36. The summed E-state index contributed by atoms with van der Waals surface area (Å²) in [7, 11) is 0. The Morgan fingerprint density at radius 2 is 1.70 bits per heavy atom. The van der Waals surface area contributed by atoms with Crippen molar-refractivity contribution in [1.82, 2.24) is 14.8 Å². The molecule has 168 valence electrons. The third-order valence-electron chi connectivity index (χ3n) is 5.52. The van der Waals surface area contributed by atoms with Crippen LogP contribution in [0.25, 0.3) is 11.4 Å². The Morgan fingerprint density at radius 3 is 2.42 bits per heavy atom. The number of aryl methyl sites for hydroxylation is 3. The van der Waals surface area contributed by atoms with Crippen molar-refractivity contribution < 1.29 is 4.79 Å². The third-order valence-corrected chi connectivity index (χ3v) is 6.76. The molecule has 0 aliphatic heterocycles. The second-order valence-corrected chi connectivity index (χ2v) is 9.21. The fourth-order valence-corrected chi connectivity index (χ4v) is 4.83. The number of carbonyl (C=O) groups is 1. The van der Waals surface area contributed by atoms with Gasteiger partial charge in [-0.2, -0.15) is 0 Å². The zero-order valence-electron chi connectivity index (χ0n) is 19.4. The lowest BCUT2D eigenvalue weighted by Crippen LogP contribution is -2.20. The molecule has 1 aromatic heterocycles. The van der Waals surface area contributed by atoms with E-state index in [9.17, 15) is 4.79 Å². The van der Waals surface area contributed by atoms with E-state index in [1.165, 1.54) is 17.3 Å². The smallest absolute Gasteiger partial charge is 0.242 e. The highest BCUT2D eigenvalue weighted by Gasteiger charge is 2.26. The Hall–Kier alpha value is -3.38. The molecule has 1 amide bonds. The second-order valence-electron chi connectivity index (χ2n) is 8.14. The number of rotatable bonds is 7. The summed E-state index contributed by atoms with van der Waals surface area (Å²) < 4.78 is 2.07. The minimum atomic E-state index is -0.467. The van der Waals surface area contributed by atoms with Gasteiger partial charge in [-0.1, -0.05) is 78.0 Å². The molecule has 1 heterocycles. The van der Waals surface area contributed by atoms with Crippen molar-refractivity contribution in [2.75, 3.05) is 5.32 Å². The van der Waals surface area contributed by atoms with Gasteiger partial charge in [0, 0.05) is 17.8 Å². The zero-order chi connectivity index (χ0) is 23.4. The van der Waals surface area contributed by atoms with Crippen LogP contribution in [0.5, 0.6) is 0 Å². The quantitative estimate of drug-likeness (QED) is 0.329. The lowest BCUT2D eigenvalue weighted by atomic mass is 10.1. The number of carbonyl (C=O) groups excluding carboxylic acids is 1. The van der Waals surface area contributed by atoms with Gasteiger partial charge in [-0.3, -0.25) is 4.79 Å². The molecule has 0 saturated carbocycles. The van der Waals surface area contributed by atoms with Crippen molar-refractivity contribution in [3.8, 4) is 11.4 Å². The summed E-state index contributed by atoms with van der Waals surface area (Å²) in [5.74, 6) is 0.730. The standard InChI is InChI=1S/C27H28N4OS/c1-5-31-25(22-13-9-10-18(2)16-22)29-30-27(31)33-24(21-11-7-6-8-12-21)26(32)28-23-17-19(3)14-15-20(23)4/h6-17,24H,5H2,1-4H3,(H,28,32). The van der Waals surface area contributed by atoms with Gasteiger partial charge in [0.15, 0.2) is 11.0 Å². The van der Waals surface area contributed by atoms with Crippen molar-refractivity contribution in [3.63, 3.8) is 0 Å². The van der Waals surface area contributed by atoms with E-state index in [2.05, 4.69) is 46.1 Å². The molecule has 0 fully saturated rings. The van der Waals surface area contributed by atoms with Crippen molar-refractivity contribution >= 4 is 23.4 Å². The normalized spacial score (nSPS) is 11.9. The van der Waals surface area contributed by atoms with E-state index in [0.717, 1.165) is 38.9 Å². The van der Waals surface area contributed by atoms with Crippen LogP contribution in [-0.4, -0.2) is 20.7 Å². The molecule has 0 saturated heterocycles. The Labute approximate surface area is 199 Å². The molecule has 0 radical (unpaired) electrons. The van der Waals surface area contributed by atoms with E-state index < -0.39 is 5.25 Å². The minimum Gasteiger partial charge on any atom is -0.325 e. The van der Waals surface area contributed by atoms with E-state index in [1.54, 1.807) is 0 Å². The number of nitrogens with zero attached hydrogens (tertiary/aromatic N) is 3. The molecule has 33 heavy (non-hydrogen) atoms. The molecule has 0 spiro atoms. The Bertz CT molecular complexity index is 1270. The molecular formula is C27H28N4OS. The van der Waals surface area contributed by atoms with Gasteiger partial charge in [-0.05, 0) is 56.5 Å². The van der Waals surface area contributed by atoms with Gasteiger partial charge in [0.25, 0.3) is 0 Å². The van der Waals surface area contributed by atoms with Crippen molar-refractivity contribution in [1.29, 1.82) is 0 Å². The SMILES string of the molecule is CCn1c(SC(C(=O)Nc2cc(C)ccc2C)c2ccccc2)nnc1-c1cccc(C)c1. The monoisotopic (exact) mass is 456 g/mol.